The quantitative estimate of drug-likeness (QED) is 0.437. The first kappa shape index (κ1) is 14.5. The summed E-state index contributed by atoms with van der Waals surface area (Å²) in [5, 5.41) is 0. The largest absolute Gasteiger partial charge is 0.374 e. The highest BCUT2D eigenvalue weighted by molar-refractivity contribution is 7.85. The van der Waals surface area contributed by atoms with Crippen molar-refractivity contribution in [2.45, 2.75) is 26.2 Å². The van der Waals surface area contributed by atoms with Crippen LogP contribution in [0.5, 0.6) is 0 Å². The fourth-order valence-corrected chi connectivity index (χ4v) is 1.33. The van der Waals surface area contributed by atoms with Crippen LogP contribution < -0.4 is 0 Å². The predicted octanol–water partition coefficient (Wildman–Crippen LogP) is 0.739. The van der Waals surface area contributed by atoms with Gasteiger partial charge in [-0.15, -0.1) is 0 Å². The van der Waals surface area contributed by atoms with E-state index in [9.17, 15) is 13.2 Å². The Labute approximate surface area is 90.9 Å². The molecule has 0 aliphatic rings. The molecule has 0 heterocycles. The monoisotopic (exact) mass is 238 g/mol. The van der Waals surface area contributed by atoms with Gasteiger partial charge in [0.25, 0.3) is 10.1 Å². The van der Waals surface area contributed by atoms with Gasteiger partial charge in [0.1, 0.15) is 6.61 Å². The fraction of sp³-hybridized carbons (Fsp3) is 0.889. The second-order valence-electron chi connectivity index (χ2n) is 3.34. The molecule has 0 unspecified atom stereocenters. The van der Waals surface area contributed by atoms with E-state index < -0.39 is 10.1 Å². The van der Waals surface area contributed by atoms with Gasteiger partial charge in [-0.1, -0.05) is 0 Å². The molecule has 0 aliphatic heterocycles. The topological polar surface area (TPSA) is 69.7 Å². The molecule has 0 atom stereocenters. The molecule has 0 radical (unpaired) electrons. The highest BCUT2D eigenvalue weighted by Gasteiger charge is 2.00. The zero-order valence-corrected chi connectivity index (χ0v) is 10.0. The minimum atomic E-state index is -3.31. The van der Waals surface area contributed by atoms with Crippen molar-refractivity contribution >= 4 is 15.9 Å². The van der Waals surface area contributed by atoms with Crippen LogP contribution in [0.15, 0.2) is 0 Å². The Morgan fingerprint density at radius 2 is 1.73 bits per heavy atom. The lowest BCUT2D eigenvalue weighted by molar-refractivity contribution is -0.121. The minimum absolute atomic E-state index is 0.00964. The maximum absolute atomic E-state index is 10.6. The number of carbonyl (C=O) groups is 1. The van der Waals surface area contributed by atoms with E-state index in [0.717, 1.165) is 19.1 Å². The summed E-state index contributed by atoms with van der Waals surface area (Å²) in [5.74, 6) is 0.00964. The van der Waals surface area contributed by atoms with Gasteiger partial charge >= 0.3 is 0 Å². The molecular weight excluding hydrogens is 220 g/mol. The van der Waals surface area contributed by atoms with Crippen molar-refractivity contribution in [3.63, 3.8) is 0 Å². The minimum Gasteiger partial charge on any atom is -0.374 e. The Hall–Kier alpha value is -0.460. The summed E-state index contributed by atoms with van der Waals surface area (Å²) in [4.78, 5) is 10.5. The van der Waals surface area contributed by atoms with Crippen LogP contribution in [0.25, 0.3) is 0 Å². The highest BCUT2D eigenvalue weighted by atomic mass is 32.2. The van der Waals surface area contributed by atoms with E-state index >= 15 is 0 Å². The summed E-state index contributed by atoms with van der Waals surface area (Å²) >= 11 is 0. The molecule has 0 N–H and O–H groups in total. The summed E-state index contributed by atoms with van der Waals surface area (Å²) < 4.78 is 30.7. The lowest BCUT2D eigenvalue weighted by atomic mass is 10.2. The molecule has 0 spiro atoms. The third kappa shape index (κ3) is 13.5. The third-order valence-electron chi connectivity index (χ3n) is 1.54. The predicted molar refractivity (Wildman–Crippen MR) is 56.1 cm³/mol. The van der Waals surface area contributed by atoms with Crippen molar-refractivity contribution in [3.05, 3.63) is 0 Å². The number of unbranched alkanes of at least 4 members (excludes halogenated alkanes) is 2. The van der Waals surface area contributed by atoms with E-state index in [1.165, 1.54) is 6.92 Å². The Bertz CT molecular complexity index is 270. The Morgan fingerprint density at radius 1 is 1.13 bits per heavy atom. The lowest BCUT2D eigenvalue weighted by Gasteiger charge is -2.02. The maximum Gasteiger partial charge on any atom is 0.264 e. The summed E-state index contributed by atoms with van der Waals surface area (Å²) in [5.41, 5.74) is 0. The fourth-order valence-electron chi connectivity index (χ4n) is 0.909. The first-order chi connectivity index (χ1) is 6.92. The molecule has 0 amide bonds. The second-order valence-corrected chi connectivity index (χ2v) is 4.99. The standard InChI is InChI=1S/C9H18O5S/c1-9(10)8-13-6-4-3-5-7-14-15(2,11)12/h3-8H2,1-2H3. The molecule has 15 heavy (non-hydrogen) atoms. The van der Waals surface area contributed by atoms with Crippen LogP contribution in [0.2, 0.25) is 0 Å². The van der Waals surface area contributed by atoms with Gasteiger partial charge in [0.2, 0.25) is 0 Å². The third-order valence-corrected chi connectivity index (χ3v) is 2.13. The van der Waals surface area contributed by atoms with E-state index in [2.05, 4.69) is 4.18 Å². The van der Waals surface area contributed by atoms with E-state index in [1.54, 1.807) is 0 Å². The van der Waals surface area contributed by atoms with Crippen LogP contribution in [-0.2, 0) is 23.8 Å². The van der Waals surface area contributed by atoms with Gasteiger partial charge in [0.05, 0.1) is 12.9 Å². The van der Waals surface area contributed by atoms with Crippen LogP contribution in [0.3, 0.4) is 0 Å². The molecule has 0 aromatic rings. The van der Waals surface area contributed by atoms with Crippen molar-refractivity contribution in [1.29, 1.82) is 0 Å². The molecule has 0 rings (SSSR count). The van der Waals surface area contributed by atoms with Gasteiger partial charge in [-0.25, -0.2) is 0 Å². The molecule has 0 aromatic heterocycles. The van der Waals surface area contributed by atoms with Crippen molar-refractivity contribution in [1.82, 2.24) is 0 Å². The normalized spacial score (nSPS) is 11.6. The van der Waals surface area contributed by atoms with Crippen molar-refractivity contribution in [3.8, 4) is 0 Å². The first-order valence-corrected chi connectivity index (χ1v) is 6.65. The average molecular weight is 238 g/mol. The molecule has 0 fully saturated rings. The molecule has 0 aromatic carbocycles. The zero-order valence-electron chi connectivity index (χ0n) is 9.19. The zero-order chi connectivity index (χ0) is 11.7. The van der Waals surface area contributed by atoms with E-state index in [-0.39, 0.29) is 19.0 Å². The Balaban J connectivity index is 3.16. The molecule has 0 saturated carbocycles. The Morgan fingerprint density at radius 3 is 2.27 bits per heavy atom. The van der Waals surface area contributed by atoms with Gasteiger partial charge in [-0.05, 0) is 26.2 Å². The van der Waals surface area contributed by atoms with Crippen LogP contribution in [-0.4, -0.2) is 40.3 Å². The molecule has 0 bridgehead atoms. The number of hydrogen-bond acceptors (Lipinski definition) is 5. The van der Waals surface area contributed by atoms with Crippen molar-refractivity contribution in [2.75, 3.05) is 26.1 Å². The van der Waals surface area contributed by atoms with E-state index in [0.29, 0.717) is 13.0 Å². The van der Waals surface area contributed by atoms with Crippen LogP contribution >= 0.6 is 0 Å². The number of hydrogen-bond donors (Lipinski definition) is 0. The van der Waals surface area contributed by atoms with Crippen LogP contribution in [0.1, 0.15) is 26.2 Å². The number of rotatable bonds is 9. The van der Waals surface area contributed by atoms with E-state index in [1.807, 2.05) is 0 Å². The van der Waals surface area contributed by atoms with Crippen LogP contribution in [0.4, 0.5) is 0 Å². The summed E-state index contributed by atoms with van der Waals surface area (Å²) in [7, 11) is -3.31. The number of ketones is 1. The molecule has 5 nitrogen and oxygen atoms in total. The molecule has 90 valence electrons. The summed E-state index contributed by atoms with van der Waals surface area (Å²) in [6.45, 7) is 2.36. The lowest BCUT2D eigenvalue weighted by Crippen LogP contribution is -2.06. The summed E-state index contributed by atoms with van der Waals surface area (Å²) in [6.07, 6.45) is 3.34. The first-order valence-electron chi connectivity index (χ1n) is 4.83. The molecule has 0 aliphatic carbocycles. The van der Waals surface area contributed by atoms with E-state index in [4.69, 9.17) is 4.74 Å². The van der Waals surface area contributed by atoms with Crippen LogP contribution in [0, 0.1) is 0 Å². The van der Waals surface area contributed by atoms with Crippen molar-refractivity contribution in [2.24, 2.45) is 0 Å². The average Bonchev–Trinajstić information content (AvgIpc) is 2.07. The smallest absolute Gasteiger partial charge is 0.264 e. The number of carbonyl (C=O) groups excluding carboxylic acids is 1. The van der Waals surface area contributed by atoms with Gasteiger partial charge in [0, 0.05) is 6.61 Å². The Kier molecular flexibility index (Phi) is 7.54. The second kappa shape index (κ2) is 7.78. The highest BCUT2D eigenvalue weighted by Crippen LogP contribution is 1.98. The number of Topliss-reactive ketones (excluding diaryl/α,β-unsaturated/α-hetero) is 1. The molecule has 0 saturated heterocycles. The SMILES string of the molecule is CC(=O)COCCCCCOS(C)(=O)=O. The van der Waals surface area contributed by atoms with Gasteiger partial charge in [-0.2, -0.15) is 8.42 Å². The van der Waals surface area contributed by atoms with Gasteiger partial charge in [0.15, 0.2) is 5.78 Å². The van der Waals surface area contributed by atoms with Gasteiger partial charge in [-0.3, -0.25) is 8.98 Å². The van der Waals surface area contributed by atoms with Gasteiger partial charge < -0.3 is 4.74 Å². The summed E-state index contributed by atoms with van der Waals surface area (Å²) in [6, 6.07) is 0. The number of ether oxygens (including phenoxy) is 1. The molecule has 6 heteroatoms. The van der Waals surface area contributed by atoms with Crippen molar-refractivity contribution < 1.29 is 22.1 Å². The maximum atomic E-state index is 10.6. The molecular formula is C9H18O5S.